The maximum absolute atomic E-state index is 11.7. The van der Waals surface area contributed by atoms with E-state index in [1.54, 1.807) is 13.0 Å². The van der Waals surface area contributed by atoms with Gasteiger partial charge in [0.05, 0.1) is 10.9 Å². The fraction of sp³-hybridized carbons (Fsp3) is 0.438. The maximum atomic E-state index is 11.7. The number of amides is 2. The molecular formula is C16H22BrN3O3. The van der Waals surface area contributed by atoms with Crippen LogP contribution in [0.25, 0.3) is 0 Å². The highest BCUT2D eigenvalue weighted by Gasteiger charge is 2.06. The number of nitrogens with zero attached hydrogens (tertiary/aromatic N) is 1. The molecule has 0 radical (unpaired) electrons. The number of carbonyl (C=O) groups is 2. The van der Waals surface area contributed by atoms with Crippen LogP contribution in [-0.2, 0) is 9.59 Å². The van der Waals surface area contributed by atoms with Crippen LogP contribution in [0.1, 0.15) is 32.3 Å². The molecule has 126 valence electrons. The summed E-state index contributed by atoms with van der Waals surface area (Å²) in [6, 6.07) is 5.60. The molecule has 0 aliphatic heterocycles. The highest BCUT2D eigenvalue weighted by atomic mass is 79.9. The van der Waals surface area contributed by atoms with Gasteiger partial charge in [0.1, 0.15) is 5.75 Å². The maximum Gasteiger partial charge on any atom is 0.277 e. The summed E-state index contributed by atoms with van der Waals surface area (Å²) in [6.45, 7) is 6.12. The predicted octanol–water partition coefficient (Wildman–Crippen LogP) is 2.54. The normalized spacial score (nSPS) is 11.0. The Labute approximate surface area is 144 Å². The first kappa shape index (κ1) is 19.2. The van der Waals surface area contributed by atoms with E-state index in [-0.39, 0.29) is 24.8 Å². The van der Waals surface area contributed by atoms with Crippen molar-refractivity contribution in [2.75, 3.05) is 13.2 Å². The van der Waals surface area contributed by atoms with Crippen LogP contribution >= 0.6 is 15.9 Å². The second-order valence-electron chi connectivity index (χ2n) is 5.13. The summed E-state index contributed by atoms with van der Waals surface area (Å²) >= 11 is 3.38. The van der Waals surface area contributed by atoms with E-state index in [2.05, 4.69) is 31.8 Å². The zero-order chi connectivity index (χ0) is 17.2. The number of hydrazone groups is 1. The quantitative estimate of drug-likeness (QED) is 0.534. The van der Waals surface area contributed by atoms with Crippen molar-refractivity contribution in [1.29, 1.82) is 0 Å². The molecule has 1 aromatic rings. The Morgan fingerprint density at radius 1 is 1.30 bits per heavy atom. The second-order valence-corrected chi connectivity index (χ2v) is 5.99. The van der Waals surface area contributed by atoms with Crippen LogP contribution in [-0.4, -0.2) is 30.7 Å². The second kappa shape index (κ2) is 9.99. The van der Waals surface area contributed by atoms with Crippen molar-refractivity contribution < 1.29 is 14.3 Å². The van der Waals surface area contributed by atoms with E-state index >= 15 is 0 Å². The van der Waals surface area contributed by atoms with E-state index in [4.69, 9.17) is 4.74 Å². The molecule has 2 amide bonds. The molecule has 1 rings (SSSR count). The van der Waals surface area contributed by atoms with Gasteiger partial charge in [0.2, 0.25) is 5.91 Å². The third-order valence-electron chi connectivity index (χ3n) is 2.81. The predicted molar refractivity (Wildman–Crippen MR) is 93.5 cm³/mol. The molecule has 0 unspecified atom stereocenters. The molecule has 0 spiro atoms. The molecule has 0 saturated carbocycles. The summed E-state index contributed by atoms with van der Waals surface area (Å²) in [7, 11) is 0. The molecule has 0 fully saturated rings. The van der Waals surface area contributed by atoms with Crippen LogP contribution in [0, 0.1) is 6.92 Å². The lowest BCUT2D eigenvalue weighted by Gasteiger charge is -2.08. The minimum atomic E-state index is -0.384. The van der Waals surface area contributed by atoms with Gasteiger partial charge in [-0.25, -0.2) is 5.43 Å². The Balaban J connectivity index is 2.38. The van der Waals surface area contributed by atoms with Crippen LogP contribution in [0.15, 0.2) is 27.8 Å². The summed E-state index contributed by atoms with van der Waals surface area (Å²) < 4.78 is 6.20. The first-order valence-electron chi connectivity index (χ1n) is 7.40. The Morgan fingerprint density at radius 2 is 2.04 bits per heavy atom. The van der Waals surface area contributed by atoms with Gasteiger partial charge >= 0.3 is 0 Å². The molecule has 0 aromatic heterocycles. The van der Waals surface area contributed by atoms with Crippen LogP contribution in [0.5, 0.6) is 5.75 Å². The van der Waals surface area contributed by atoms with E-state index in [0.717, 1.165) is 16.5 Å². The third kappa shape index (κ3) is 7.78. The molecule has 0 atom stereocenters. The SMILES string of the molecule is CCCNC(=O)CC(C)=NNC(=O)COc1ccc(C)cc1Br. The van der Waals surface area contributed by atoms with Crippen molar-refractivity contribution in [1.82, 2.24) is 10.7 Å². The van der Waals surface area contributed by atoms with Gasteiger partial charge in [-0.3, -0.25) is 9.59 Å². The fourth-order valence-corrected chi connectivity index (χ4v) is 2.26. The number of aryl methyl sites for hydroxylation is 1. The molecule has 0 aliphatic rings. The van der Waals surface area contributed by atoms with Crippen LogP contribution in [0.4, 0.5) is 0 Å². The molecule has 0 aliphatic carbocycles. The first-order valence-corrected chi connectivity index (χ1v) is 8.19. The molecule has 23 heavy (non-hydrogen) atoms. The van der Waals surface area contributed by atoms with Crippen LogP contribution in [0.3, 0.4) is 0 Å². The number of ether oxygens (including phenoxy) is 1. The first-order chi connectivity index (χ1) is 10.9. The van der Waals surface area contributed by atoms with Gasteiger partial charge in [0.15, 0.2) is 6.61 Å². The lowest BCUT2D eigenvalue weighted by Crippen LogP contribution is -2.28. The molecule has 6 nitrogen and oxygen atoms in total. The van der Waals surface area contributed by atoms with Gasteiger partial charge in [-0.15, -0.1) is 0 Å². The van der Waals surface area contributed by atoms with Gasteiger partial charge in [-0.1, -0.05) is 13.0 Å². The smallest absolute Gasteiger partial charge is 0.277 e. The standard InChI is InChI=1S/C16H22BrN3O3/c1-4-7-18-15(21)9-12(3)19-20-16(22)10-23-14-6-5-11(2)8-13(14)17/h5-6,8H,4,7,9-10H2,1-3H3,(H,18,21)(H,20,22). The minimum Gasteiger partial charge on any atom is -0.483 e. The Hall–Kier alpha value is -1.89. The zero-order valence-corrected chi connectivity index (χ0v) is 15.2. The van der Waals surface area contributed by atoms with Crippen molar-refractivity contribution in [2.24, 2.45) is 5.10 Å². The molecule has 0 bridgehead atoms. The van der Waals surface area contributed by atoms with E-state index in [9.17, 15) is 9.59 Å². The van der Waals surface area contributed by atoms with E-state index in [1.165, 1.54) is 0 Å². The van der Waals surface area contributed by atoms with Gasteiger partial charge in [0.25, 0.3) is 5.91 Å². The number of hydrogen-bond acceptors (Lipinski definition) is 4. The Kier molecular flexibility index (Phi) is 8.32. The Bertz CT molecular complexity index is 588. The number of carbonyl (C=O) groups excluding carboxylic acids is 2. The van der Waals surface area contributed by atoms with E-state index < -0.39 is 0 Å². The van der Waals surface area contributed by atoms with Gasteiger partial charge < -0.3 is 10.1 Å². The zero-order valence-electron chi connectivity index (χ0n) is 13.6. The average Bonchev–Trinajstić information content (AvgIpc) is 2.50. The fourth-order valence-electron chi connectivity index (χ4n) is 1.66. The lowest BCUT2D eigenvalue weighted by atomic mass is 10.2. The van der Waals surface area contributed by atoms with Crippen molar-refractivity contribution in [3.63, 3.8) is 0 Å². The van der Waals surface area contributed by atoms with E-state index in [0.29, 0.717) is 18.0 Å². The number of rotatable bonds is 8. The molecule has 1 aromatic carbocycles. The van der Waals surface area contributed by atoms with Crippen molar-refractivity contribution in [2.45, 2.75) is 33.6 Å². The third-order valence-corrected chi connectivity index (χ3v) is 3.43. The van der Waals surface area contributed by atoms with E-state index in [1.807, 2.05) is 26.0 Å². The van der Waals surface area contributed by atoms with Crippen LogP contribution < -0.4 is 15.5 Å². The highest BCUT2D eigenvalue weighted by Crippen LogP contribution is 2.25. The minimum absolute atomic E-state index is 0.109. The summed E-state index contributed by atoms with van der Waals surface area (Å²) in [4.78, 5) is 23.2. The van der Waals surface area contributed by atoms with Crippen molar-refractivity contribution >= 4 is 33.5 Å². The molecule has 0 heterocycles. The van der Waals surface area contributed by atoms with Gasteiger partial charge in [-0.2, -0.15) is 5.10 Å². The average molecular weight is 384 g/mol. The van der Waals surface area contributed by atoms with Gasteiger partial charge in [0, 0.05) is 12.3 Å². The lowest BCUT2D eigenvalue weighted by molar-refractivity contribution is -0.123. The van der Waals surface area contributed by atoms with Crippen molar-refractivity contribution in [3.05, 3.63) is 28.2 Å². The summed E-state index contributed by atoms with van der Waals surface area (Å²) in [5.41, 5.74) is 4.00. The van der Waals surface area contributed by atoms with Gasteiger partial charge in [-0.05, 0) is 53.9 Å². The molecule has 7 heteroatoms. The molecular weight excluding hydrogens is 362 g/mol. The topological polar surface area (TPSA) is 79.8 Å². The largest absolute Gasteiger partial charge is 0.483 e. The number of benzene rings is 1. The Morgan fingerprint density at radius 3 is 2.70 bits per heavy atom. The molecule has 2 N–H and O–H groups in total. The van der Waals surface area contributed by atoms with Crippen LogP contribution in [0.2, 0.25) is 0 Å². The molecule has 0 saturated heterocycles. The number of nitrogens with one attached hydrogen (secondary N) is 2. The summed E-state index contributed by atoms with van der Waals surface area (Å²) in [5, 5.41) is 6.63. The number of hydrogen-bond donors (Lipinski definition) is 2. The van der Waals surface area contributed by atoms with Crippen molar-refractivity contribution in [3.8, 4) is 5.75 Å². The highest BCUT2D eigenvalue weighted by molar-refractivity contribution is 9.10. The summed E-state index contributed by atoms with van der Waals surface area (Å²) in [5.74, 6) is 0.0957. The summed E-state index contributed by atoms with van der Waals surface area (Å²) in [6.07, 6.45) is 1.04. The monoisotopic (exact) mass is 383 g/mol. The number of halogens is 1.